The summed E-state index contributed by atoms with van der Waals surface area (Å²) in [5.41, 5.74) is 3.18. The highest BCUT2D eigenvalue weighted by molar-refractivity contribution is 5.91. The molecule has 31 heavy (non-hydrogen) atoms. The molecule has 7 nitrogen and oxygen atoms in total. The van der Waals surface area contributed by atoms with E-state index in [0.717, 1.165) is 78.4 Å². The van der Waals surface area contributed by atoms with Gasteiger partial charge >= 0.3 is 0 Å². The topological polar surface area (TPSA) is 70.6 Å². The number of carbonyl (C=O) groups excluding carboxylic acids is 1. The maximum Gasteiger partial charge on any atom is 0.209 e. The number of amides is 1. The number of para-hydroxylation sites is 2. The first-order valence-corrected chi connectivity index (χ1v) is 10.7. The summed E-state index contributed by atoms with van der Waals surface area (Å²) in [6, 6.07) is 14.2. The fraction of sp³-hybridized carbons (Fsp3) is 0.375. The number of fused-ring (bicyclic) bond motifs is 1. The molecule has 1 saturated heterocycles. The molecule has 0 spiro atoms. The fourth-order valence-electron chi connectivity index (χ4n) is 4.03. The molecule has 1 aliphatic heterocycles. The minimum Gasteiger partial charge on any atom is -0.496 e. The number of aryl methyl sites for hydroxylation is 1. The number of nitrogens with one attached hydrogen (secondary N) is 1. The minimum atomic E-state index is 0.613. The van der Waals surface area contributed by atoms with Crippen LogP contribution in [0.25, 0.3) is 10.9 Å². The van der Waals surface area contributed by atoms with Crippen molar-refractivity contribution in [2.75, 3.05) is 38.6 Å². The Bertz CT molecular complexity index is 1060. The van der Waals surface area contributed by atoms with Crippen molar-refractivity contribution in [1.29, 1.82) is 0 Å². The van der Waals surface area contributed by atoms with Crippen LogP contribution in [0.3, 0.4) is 0 Å². The highest BCUT2D eigenvalue weighted by Gasteiger charge is 2.17. The van der Waals surface area contributed by atoms with Crippen molar-refractivity contribution in [3.8, 4) is 5.75 Å². The van der Waals surface area contributed by atoms with E-state index in [1.54, 1.807) is 7.11 Å². The van der Waals surface area contributed by atoms with Gasteiger partial charge < -0.3 is 15.0 Å². The van der Waals surface area contributed by atoms with Gasteiger partial charge in [0.25, 0.3) is 0 Å². The Balaban J connectivity index is 1.60. The zero-order valence-corrected chi connectivity index (χ0v) is 18.2. The molecule has 3 aromatic rings. The van der Waals surface area contributed by atoms with Crippen molar-refractivity contribution >= 4 is 23.1 Å². The Morgan fingerprint density at radius 2 is 1.94 bits per heavy atom. The van der Waals surface area contributed by atoms with Crippen LogP contribution < -0.4 is 10.1 Å². The van der Waals surface area contributed by atoms with E-state index in [2.05, 4.69) is 35.3 Å². The highest BCUT2D eigenvalue weighted by Crippen LogP contribution is 2.25. The first-order valence-electron chi connectivity index (χ1n) is 10.7. The predicted octanol–water partition coefficient (Wildman–Crippen LogP) is 3.22. The number of methoxy groups -OCH3 is 1. The van der Waals surface area contributed by atoms with E-state index in [0.29, 0.717) is 13.1 Å². The lowest BCUT2D eigenvalue weighted by atomic mass is 10.1. The molecule has 0 aliphatic carbocycles. The molecule has 2 heterocycles. The summed E-state index contributed by atoms with van der Waals surface area (Å²) in [5.74, 6) is 2.48. The lowest BCUT2D eigenvalue weighted by Crippen LogP contribution is -2.30. The maximum atomic E-state index is 11.1. The highest BCUT2D eigenvalue weighted by atomic mass is 16.5. The Kier molecular flexibility index (Phi) is 6.62. The smallest absolute Gasteiger partial charge is 0.209 e. The molecule has 4 rings (SSSR count). The number of ether oxygens (including phenoxy) is 1. The number of benzene rings is 2. The van der Waals surface area contributed by atoms with E-state index in [9.17, 15) is 4.79 Å². The molecule has 7 heteroatoms. The standard InChI is InChI=1S/C24H29N5O2/c1-18-7-5-9-20-23(18)26-22(16-28-11-6-12-29(17-30)14-13-28)27-24(20)25-15-19-8-3-4-10-21(19)31-2/h3-5,7-10,17H,6,11-16H2,1-2H3,(H,25,26,27). The van der Waals surface area contributed by atoms with Gasteiger partial charge in [0.1, 0.15) is 17.4 Å². The van der Waals surface area contributed by atoms with Gasteiger partial charge in [0.05, 0.1) is 19.2 Å². The van der Waals surface area contributed by atoms with E-state index >= 15 is 0 Å². The van der Waals surface area contributed by atoms with Gasteiger partial charge in [-0.1, -0.05) is 30.3 Å². The van der Waals surface area contributed by atoms with Gasteiger partial charge in [0, 0.05) is 43.7 Å². The Morgan fingerprint density at radius 3 is 2.77 bits per heavy atom. The van der Waals surface area contributed by atoms with Gasteiger partial charge in [0.15, 0.2) is 0 Å². The van der Waals surface area contributed by atoms with Gasteiger partial charge in [-0.15, -0.1) is 0 Å². The summed E-state index contributed by atoms with van der Waals surface area (Å²) in [6.07, 6.45) is 1.91. The largest absolute Gasteiger partial charge is 0.496 e. The van der Waals surface area contributed by atoms with Crippen molar-refractivity contribution < 1.29 is 9.53 Å². The zero-order valence-electron chi connectivity index (χ0n) is 18.2. The third-order valence-electron chi connectivity index (χ3n) is 5.75. The van der Waals surface area contributed by atoms with Crippen molar-refractivity contribution in [2.45, 2.75) is 26.4 Å². The van der Waals surface area contributed by atoms with Crippen LogP contribution in [-0.2, 0) is 17.9 Å². The van der Waals surface area contributed by atoms with E-state index in [1.807, 2.05) is 29.2 Å². The number of anilines is 1. The number of nitrogens with zero attached hydrogens (tertiary/aromatic N) is 4. The zero-order chi connectivity index (χ0) is 21.6. The van der Waals surface area contributed by atoms with Gasteiger partial charge in [-0.25, -0.2) is 9.97 Å². The van der Waals surface area contributed by atoms with Crippen LogP contribution in [0.5, 0.6) is 5.75 Å². The van der Waals surface area contributed by atoms with Crippen LogP contribution in [0.2, 0.25) is 0 Å². The lowest BCUT2D eigenvalue weighted by Gasteiger charge is -2.20. The molecule has 0 bridgehead atoms. The number of carbonyl (C=O) groups is 1. The third-order valence-corrected chi connectivity index (χ3v) is 5.75. The molecule has 0 radical (unpaired) electrons. The van der Waals surface area contributed by atoms with Gasteiger partial charge in [-0.2, -0.15) is 0 Å². The van der Waals surface area contributed by atoms with Gasteiger partial charge in [-0.3, -0.25) is 9.69 Å². The quantitative estimate of drug-likeness (QED) is 0.593. The first-order chi connectivity index (χ1) is 15.2. The second kappa shape index (κ2) is 9.75. The van der Waals surface area contributed by atoms with Crippen LogP contribution in [-0.4, -0.2) is 59.5 Å². The number of hydrogen-bond acceptors (Lipinski definition) is 6. The molecule has 1 fully saturated rings. The van der Waals surface area contributed by atoms with E-state index in [4.69, 9.17) is 14.7 Å². The molecule has 1 amide bonds. The molecule has 1 aromatic heterocycles. The SMILES string of the molecule is COc1ccccc1CNc1nc(CN2CCCN(C=O)CC2)nc2c(C)cccc12. The second-order valence-electron chi connectivity index (χ2n) is 7.90. The molecule has 2 aromatic carbocycles. The van der Waals surface area contributed by atoms with Gasteiger partial charge in [-0.05, 0) is 31.0 Å². The van der Waals surface area contributed by atoms with E-state index in [1.165, 1.54) is 0 Å². The van der Waals surface area contributed by atoms with Crippen molar-refractivity contribution in [3.05, 3.63) is 59.4 Å². The minimum absolute atomic E-state index is 0.613. The normalized spacial score (nSPS) is 15.0. The van der Waals surface area contributed by atoms with Crippen LogP contribution in [0.15, 0.2) is 42.5 Å². The molecule has 162 valence electrons. The summed E-state index contributed by atoms with van der Waals surface area (Å²) in [5, 5.41) is 4.52. The Morgan fingerprint density at radius 1 is 1.06 bits per heavy atom. The molecule has 0 saturated carbocycles. The molecular formula is C24H29N5O2. The summed E-state index contributed by atoms with van der Waals surface area (Å²) >= 11 is 0. The fourth-order valence-corrected chi connectivity index (χ4v) is 4.03. The summed E-state index contributed by atoms with van der Waals surface area (Å²) < 4.78 is 5.49. The predicted molar refractivity (Wildman–Crippen MR) is 122 cm³/mol. The summed E-state index contributed by atoms with van der Waals surface area (Å²) in [7, 11) is 1.69. The first kappa shape index (κ1) is 21.1. The average molecular weight is 420 g/mol. The lowest BCUT2D eigenvalue weighted by molar-refractivity contribution is -0.118. The Hall–Kier alpha value is -3.19. The maximum absolute atomic E-state index is 11.1. The number of aromatic nitrogens is 2. The monoisotopic (exact) mass is 419 g/mol. The summed E-state index contributed by atoms with van der Waals surface area (Å²) in [6.45, 7) is 6.68. The van der Waals surface area contributed by atoms with Crippen LogP contribution in [0, 0.1) is 6.92 Å². The van der Waals surface area contributed by atoms with Crippen LogP contribution in [0.1, 0.15) is 23.4 Å². The Labute approximate surface area is 183 Å². The second-order valence-corrected chi connectivity index (χ2v) is 7.90. The van der Waals surface area contributed by atoms with Gasteiger partial charge in [0.2, 0.25) is 6.41 Å². The number of hydrogen-bond donors (Lipinski definition) is 1. The average Bonchev–Trinajstić information content (AvgIpc) is 3.03. The van der Waals surface area contributed by atoms with E-state index in [-0.39, 0.29) is 0 Å². The van der Waals surface area contributed by atoms with Crippen molar-refractivity contribution in [3.63, 3.8) is 0 Å². The molecule has 0 atom stereocenters. The molecule has 1 N–H and O–H groups in total. The van der Waals surface area contributed by atoms with Crippen LogP contribution >= 0.6 is 0 Å². The number of rotatable bonds is 7. The van der Waals surface area contributed by atoms with Crippen molar-refractivity contribution in [1.82, 2.24) is 19.8 Å². The molecule has 1 aliphatic rings. The summed E-state index contributed by atoms with van der Waals surface area (Å²) in [4.78, 5) is 25.0. The van der Waals surface area contributed by atoms with E-state index < -0.39 is 0 Å². The van der Waals surface area contributed by atoms with Crippen molar-refractivity contribution in [2.24, 2.45) is 0 Å². The molecular weight excluding hydrogens is 390 g/mol. The third kappa shape index (κ3) is 4.94. The van der Waals surface area contributed by atoms with Crippen LogP contribution in [0.4, 0.5) is 5.82 Å². The molecule has 0 unspecified atom stereocenters.